The van der Waals surface area contributed by atoms with Gasteiger partial charge in [0.15, 0.2) is 0 Å². The zero-order valence-electron chi connectivity index (χ0n) is 16.6. The molecule has 2 amide bonds. The van der Waals surface area contributed by atoms with Crippen molar-refractivity contribution in [1.82, 2.24) is 10.2 Å². The lowest BCUT2D eigenvalue weighted by Gasteiger charge is -2.42. The molecule has 0 radical (unpaired) electrons. The first-order valence-corrected chi connectivity index (χ1v) is 10.1. The molecule has 148 valence electrons. The summed E-state index contributed by atoms with van der Waals surface area (Å²) in [5, 5.41) is 12.2. The Morgan fingerprint density at radius 2 is 1.89 bits per heavy atom. The number of rotatable bonds is 7. The quantitative estimate of drug-likeness (QED) is 0.770. The lowest BCUT2D eigenvalue weighted by molar-refractivity contribution is -0.139. The molecule has 1 fully saturated rings. The van der Waals surface area contributed by atoms with Crippen LogP contribution >= 0.6 is 0 Å². The molecule has 6 heteroatoms. The van der Waals surface area contributed by atoms with Crippen molar-refractivity contribution in [3.8, 4) is 0 Å². The van der Waals surface area contributed by atoms with Gasteiger partial charge in [-0.3, -0.25) is 14.6 Å². The fraction of sp³-hybridized carbons (Fsp3) is 0.619. The van der Waals surface area contributed by atoms with Crippen molar-refractivity contribution >= 4 is 17.7 Å². The highest BCUT2D eigenvalue weighted by molar-refractivity contribution is 5.95. The number of fused-ring (bicyclic) bond motifs is 1. The Morgan fingerprint density at radius 1 is 1.22 bits per heavy atom. The number of nitrogens with one attached hydrogen (secondary N) is 1. The predicted molar refractivity (Wildman–Crippen MR) is 106 cm³/mol. The van der Waals surface area contributed by atoms with Gasteiger partial charge in [-0.05, 0) is 43.9 Å². The predicted octanol–water partition coefficient (Wildman–Crippen LogP) is 3.21. The average Bonchev–Trinajstić information content (AvgIpc) is 2.98. The summed E-state index contributed by atoms with van der Waals surface area (Å²) in [6.45, 7) is 7.87. The third kappa shape index (κ3) is 3.68. The van der Waals surface area contributed by atoms with Gasteiger partial charge < -0.3 is 10.4 Å². The molecule has 0 atom stereocenters. The highest BCUT2D eigenvalue weighted by Crippen LogP contribution is 2.45. The summed E-state index contributed by atoms with van der Waals surface area (Å²) in [6, 6.07) is 8.57. The van der Waals surface area contributed by atoms with E-state index in [1.165, 1.54) is 5.56 Å². The Morgan fingerprint density at radius 3 is 2.48 bits per heavy atom. The van der Waals surface area contributed by atoms with Gasteiger partial charge in [0.2, 0.25) is 0 Å². The van der Waals surface area contributed by atoms with Crippen LogP contribution in [0.3, 0.4) is 0 Å². The van der Waals surface area contributed by atoms with Crippen molar-refractivity contribution in [2.24, 2.45) is 0 Å². The zero-order valence-corrected chi connectivity index (χ0v) is 16.6. The monoisotopic (exact) mass is 373 g/mol. The highest BCUT2D eigenvalue weighted by atomic mass is 16.4. The largest absolute Gasteiger partial charge is 0.480 e. The van der Waals surface area contributed by atoms with Crippen LogP contribution in [0.15, 0.2) is 24.3 Å². The Balaban J connectivity index is 1.63. The van der Waals surface area contributed by atoms with E-state index in [0.29, 0.717) is 6.54 Å². The molecule has 1 aromatic rings. The number of likely N-dealkylation sites (N-methyl/N-ethyl adjacent to an activating group) is 1. The van der Waals surface area contributed by atoms with Gasteiger partial charge in [-0.15, -0.1) is 0 Å². The third-order valence-electron chi connectivity index (χ3n) is 6.53. The molecule has 2 N–H and O–H groups in total. The molecule has 0 aromatic heterocycles. The molecule has 27 heavy (non-hydrogen) atoms. The summed E-state index contributed by atoms with van der Waals surface area (Å²) >= 11 is 0. The van der Waals surface area contributed by atoms with Gasteiger partial charge in [0, 0.05) is 29.7 Å². The number of para-hydroxylation sites is 1. The van der Waals surface area contributed by atoms with Crippen LogP contribution in [0.5, 0.6) is 0 Å². The molecule has 3 rings (SSSR count). The van der Waals surface area contributed by atoms with E-state index in [0.717, 1.165) is 37.9 Å². The zero-order chi connectivity index (χ0) is 19.6. The molecule has 1 heterocycles. The molecule has 1 aromatic carbocycles. The fourth-order valence-electron chi connectivity index (χ4n) is 4.60. The summed E-state index contributed by atoms with van der Waals surface area (Å²) in [6.07, 6.45) is 3.65. The maximum Gasteiger partial charge on any atom is 0.322 e. The van der Waals surface area contributed by atoms with Crippen LogP contribution in [0.25, 0.3) is 0 Å². The summed E-state index contributed by atoms with van der Waals surface area (Å²) in [5.41, 5.74) is 2.34. The molecule has 6 nitrogen and oxygen atoms in total. The van der Waals surface area contributed by atoms with Crippen molar-refractivity contribution in [3.05, 3.63) is 29.8 Å². The van der Waals surface area contributed by atoms with Crippen LogP contribution in [0, 0.1) is 0 Å². The molecule has 2 aliphatic rings. The maximum atomic E-state index is 13.0. The first-order valence-electron chi connectivity index (χ1n) is 10.1. The number of amides is 2. The van der Waals surface area contributed by atoms with Gasteiger partial charge in [-0.1, -0.05) is 39.0 Å². The maximum absolute atomic E-state index is 13.0. The number of hydrogen-bond acceptors (Lipinski definition) is 3. The van der Waals surface area contributed by atoms with E-state index in [2.05, 4.69) is 31.3 Å². The van der Waals surface area contributed by atoms with Crippen molar-refractivity contribution in [3.63, 3.8) is 0 Å². The molecule has 0 spiro atoms. The number of carboxylic acid groups (broad SMARTS) is 1. The lowest BCUT2D eigenvalue weighted by atomic mass is 9.78. The normalized spacial score (nSPS) is 23.0. The van der Waals surface area contributed by atoms with Crippen LogP contribution < -0.4 is 10.2 Å². The van der Waals surface area contributed by atoms with Crippen LogP contribution in [-0.4, -0.2) is 53.7 Å². The van der Waals surface area contributed by atoms with Crippen molar-refractivity contribution in [2.75, 3.05) is 24.5 Å². The molecule has 0 saturated heterocycles. The second-order valence-corrected chi connectivity index (χ2v) is 7.82. The number of hydrogen-bond donors (Lipinski definition) is 2. The lowest BCUT2D eigenvalue weighted by Crippen LogP contribution is -2.57. The number of carboxylic acids is 1. The molecule has 0 unspecified atom stereocenters. The van der Waals surface area contributed by atoms with Crippen LogP contribution in [0.1, 0.15) is 52.0 Å². The summed E-state index contributed by atoms with van der Waals surface area (Å²) in [5.74, 6) is -0.798. The Hall–Kier alpha value is -2.08. The Kier molecular flexibility index (Phi) is 5.75. The fourth-order valence-corrected chi connectivity index (χ4v) is 4.60. The van der Waals surface area contributed by atoms with E-state index >= 15 is 0 Å². The second kappa shape index (κ2) is 7.89. The van der Waals surface area contributed by atoms with Crippen LogP contribution in [-0.2, 0) is 10.2 Å². The highest BCUT2D eigenvalue weighted by Gasteiger charge is 2.43. The van der Waals surface area contributed by atoms with Crippen molar-refractivity contribution < 1.29 is 14.7 Å². The number of urea groups is 1. The number of nitrogens with zero attached hydrogens (tertiary/aromatic N) is 2. The molecule has 1 aliphatic heterocycles. The SMILES string of the molecule is CCN(CC(=O)O)C1CC(NC(=O)N2CC(CC)(CC)c3ccccc32)C1. The molecule has 1 aliphatic carbocycles. The Labute approximate surface area is 161 Å². The summed E-state index contributed by atoms with van der Waals surface area (Å²) in [4.78, 5) is 27.8. The van der Waals surface area contributed by atoms with Gasteiger partial charge in [0.25, 0.3) is 0 Å². The van der Waals surface area contributed by atoms with Crippen LogP contribution in [0.2, 0.25) is 0 Å². The minimum atomic E-state index is -0.798. The van der Waals surface area contributed by atoms with E-state index in [-0.39, 0.29) is 30.1 Å². The minimum absolute atomic E-state index is 0.0315. The second-order valence-electron chi connectivity index (χ2n) is 7.82. The molecule has 1 saturated carbocycles. The number of benzene rings is 1. The van der Waals surface area contributed by atoms with Crippen LogP contribution in [0.4, 0.5) is 10.5 Å². The molecule has 0 bridgehead atoms. The molecular weight excluding hydrogens is 342 g/mol. The standard InChI is InChI=1S/C21H31N3O3/c1-4-21(5-2)14-24(18-10-8-7-9-17(18)21)20(27)22-15-11-16(12-15)23(6-3)13-19(25)26/h7-10,15-16H,4-6,11-14H2,1-3H3,(H,22,27)(H,25,26). The first-order chi connectivity index (χ1) is 12.9. The number of carbonyl (C=O) groups excluding carboxylic acids is 1. The van der Waals surface area contributed by atoms with E-state index in [4.69, 9.17) is 5.11 Å². The van der Waals surface area contributed by atoms with Gasteiger partial charge in [0.05, 0.1) is 6.54 Å². The number of anilines is 1. The van der Waals surface area contributed by atoms with Gasteiger partial charge in [-0.2, -0.15) is 0 Å². The summed E-state index contributed by atoms with van der Waals surface area (Å²) < 4.78 is 0. The van der Waals surface area contributed by atoms with Gasteiger partial charge in [0.1, 0.15) is 0 Å². The number of carbonyl (C=O) groups is 2. The van der Waals surface area contributed by atoms with Gasteiger partial charge >= 0.3 is 12.0 Å². The van der Waals surface area contributed by atoms with Crippen molar-refractivity contribution in [1.29, 1.82) is 0 Å². The van der Waals surface area contributed by atoms with Crippen molar-refractivity contribution in [2.45, 2.75) is 64.0 Å². The molecular formula is C21H31N3O3. The van der Waals surface area contributed by atoms with E-state index in [1.807, 2.05) is 28.9 Å². The minimum Gasteiger partial charge on any atom is -0.480 e. The average molecular weight is 373 g/mol. The Bertz CT molecular complexity index is 696. The van der Waals surface area contributed by atoms with E-state index in [9.17, 15) is 9.59 Å². The third-order valence-corrected chi connectivity index (χ3v) is 6.53. The topological polar surface area (TPSA) is 72.9 Å². The number of aliphatic carboxylic acids is 1. The first kappa shape index (κ1) is 19.7. The van der Waals surface area contributed by atoms with Gasteiger partial charge in [-0.25, -0.2) is 4.79 Å². The summed E-state index contributed by atoms with van der Waals surface area (Å²) in [7, 11) is 0. The smallest absolute Gasteiger partial charge is 0.322 e. The van der Waals surface area contributed by atoms with E-state index < -0.39 is 5.97 Å². The van der Waals surface area contributed by atoms with E-state index in [1.54, 1.807) is 0 Å².